The zero-order valence-corrected chi connectivity index (χ0v) is 17.7. The summed E-state index contributed by atoms with van der Waals surface area (Å²) in [6.07, 6.45) is 3.08. The van der Waals surface area contributed by atoms with Crippen molar-refractivity contribution in [2.75, 3.05) is 30.4 Å². The van der Waals surface area contributed by atoms with Crippen molar-refractivity contribution >= 4 is 34.7 Å². The Kier molecular flexibility index (Phi) is 5.75. The summed E-state index contributed by atoms with van der Waals surface area (Å²) in [6.45, 7) is 2.90. The number of amides is 3. The maximum absolute atomic E-state index is 13.6. The molecule has 2 heterocycles. The number of carbonyl (C=O) groups is 3. The number of carbonyl (C=O) groups excluding carboxylic acids is 3. The smallest absolute Gasteiger partial charge is 0.282 e. The maximum Gasteiger partial charge on any atom is 0.282 e. The predicted molar refractivity (Wildman–Crippen MR) is 119 cm³/mol. The van der Waals surface area contributed by atoms with E-state index in [1.54, 1.807) is 37.4 Å². The minimum Gasteiger partial charge on any atom is -0.496 e. The number of nitrogens with one attached hydrogen (secondary N) is 1. The number of nitrogens with zero attached hydrogens (tertiary/aromatic N) is 2. The molecule has 0 atom stereocenters. The van der Waals surface area contributed by atoms with Crippen LogP contribution in [0.4, 0.5) is 11.4 Å². The van der Waals surface area contributed by atoms with E-state index in [4.69, 9.17) is 4.74 Å². The molecular formula is C24H25N3O4. The van der Waals surface area contributed by atoms with E-state index in [1.165, 1.54) is 11.8 Å². The number of ether oxygens (including phenoxy) is 1. The number of likely N-dealkylation sites (tertiary alicyclic amines) is 1. The van der Waals surface area contributed by atoms with Gasteiger partial charge in [0.05, 0.1) is 18.4 Å². The molecule has 7 nitrogen and oxygen atoms in total. The average Bonchev–Trinajstić information content (AvgIpc) is 3.04. The summed E-state index contributed by atoms with van der Waals surface area (Å²) >= 11 is 0. The molecule has 1 saturated heterocycles. The first-order valence-corrected chi connectivity index (χ1v) is 10.4. The molecule has 3 amide bonds. The van der Waals surface area contributed by atoms with Crippen LogP contribution in [0.3, 0.4) is 0 Å². The van der Waals surface area contributed by atoms with Gasteiger partial charge in [0.1, 0.15) is 11.4 Å². The highest BCUT2D eigenvalue weighted by Gasteiger charge is 2.43. The van der Waals surface area contributed by atoms with E-state index in [1.807, 2.05) is 23.1 Å². The third-order valence-corrected chi connectivity index (χ3v) is 5.55. The second-order valence-electron chi connectivity index (χ2n) is 7.65. The van der Waals surface area contributed by atoms with Crippen molar-refractivity contribution in [3.8, 4) is 5.75 Å². The van der Waals surface area contributed by atoms with Crippen molar-refractivity contribution in [3.05, 3.63) is 59.8 Å². The van der Waals surface area contributed by atoms with Gasteiger partial charge in [-0.05, 0) is 49.6 Å². The van der Waals surface area contributed by atoms with Gasteiger partial charge in [-0.25, -0.2) is 4.90 Å². The molecule has 0 bridgehead atoms. The van der Waals surface area contributed by atoms with E-state index in [9.17, 15) is 14.4 Å². The minimum absolute atomic E-state index is 0.186. The summed E-state index contributed by atoms with van der Waals surface area (Å²) in [7, 11) is 1.56. The van der Waals surface area contributed by atoms with Crippen molar-refractivity contribution in [1.82, 2.24) is 4.90 Å². The number of piperidine rings is 1. The van der Waals surface area contributed by atoms with Gasteiger partial charge >= 0.3 is 0 Å². The Balaban J connectivity index is 1.78. The fraction of sp³-hybridized carbons (Fsp3) is 0.292. The molecule has 2 aliphatic heterocycles. The highest BCUT2D eigenvalue weighted by Crippen LogP contribution is 2.39. The standard InChI is InChI=1S/C24H25N3O4/c1-16(28)25-17-10-12-18(13-11-17)27-23(29)21(19-8-4-5-9-20(19)31-2)22(24(27)30)26-14-6-3-7-15-26/h4-5,8-13H,3,6-7,14-15H2,1-2H3,(H,25,28). The van der Waals surface area contributed by atoms with Gasteiger partial charge in [0.15, 0.2) is 0 Å². The summed E-state index contributed by atoms with van der Waals surface area (Å²) in [4.78, 5) is 41.7. The third kappa shape index (κ3) is 3.91. The summed E-state index contributed by atoms with van der Waals surface area (Å²) in [5.41, 5.74) is 2.48. The van der Waals surface area contributed by atoms with Gasteiger partial charge in [0.25, 0.3) is 11.8 Å². The first-order valence-electron chi connectivity index (χ1n) is 10.4. The van der Waals surface area contributed by atoms with Crippen LogP contribution < -0.4 is 15.0 Å². The molecule has 0 aliphatic carbocycles. The molecule has 2 aromatic carbocycles. The second-order valence-corrected chi connectivity index (χ2v) is 7.65. The molecule has 4 rings (SSSR count). The van der Waals surface area contributed by atoms with E-state index in [2.05, 4.69) is 5.32 Å². The normalized spacial score (nSPS) is 16.7. The molecule has 0 spiro atoms. The molecule has 0 aromatic heterocycles. The number of rotatable bonds is 5. The van der Waals surface area contributed by atoms with E-state index in [0.29, 0.717) is 34.0 Å². The van der Waals surface area contributed by atoms with Crippen LogP contribution in [0.15, 0.2) is 54.2 Å². The molecule has 0 unspecified atom stereocenters. The number of anilines is 2. The van der Waals surface area contributed by atoms with Crippen LogP contribution >= 0.6 is 0 Å². The molecule has 7 heteroatoms. The van der Waals surface area contributed by atoms with Gasteiger partial charge in [0, 0.05) is 31.3 Å². The Labute approximate surface area is 181 Å². The van der Waals surface area contributed by atoms with E-state index >= 15 is 0 Å². The minimum atomic E-state index is -0.373. The third-order valence-electron chi connectivity index (χ3n) is 5.55. The fourth-order valence-corrected chi connectivity index (χ4v) is 4.15. The van der Waals surface area contributed by atoms with E-state index in [0.717, 1.165) is 32.4 Å². The SMILES string of the molecule is COc1ccccc1C1=C(N2CCCCC2)C(=O)N(c2ccc(NC(C)=O)cc2)C1=O. The predicted octanol–water partition coefficient (Wildman–Crippen LogP) is 3.42. The number of hydrogen-bond acceptors (Lipinski definition) is 5. The van der Waals surface area contributed by atoms with Gasteiger partial charge < -0.3 is 15.0 Å². The van der Waals surface area contributed by atoms with Gasteiger partial charge in [-0.3, -0.25) is 14.4 Å². The topological polar surface area (TPSA) is 79.0 Å². The largest absolute Gasteiger partial charge is 0.496 e. The first-order chi connectivity index (χ1) is 15.0. The summed E-state index contributed by atoms with van der Waals surface area (Å²) in [5.74, 6) is -0.341. The maximum atomic E-state index is 13.6. The summed E-state index contributed by atoms with van der Waals surface area (Å²) in [6, 6.07) is 14.0. The van der Waals surface area contributed by atoms with Gasteiger partial charge in [-0.15, -0.1) is 0 Å². The Morgan fingerprint density at radius 1 is 0.935 bits per heavy atom. The highest BCUT2D eigenvalue weighted by molar-refractivity contribution is 6.45. The zero-order chi connectivity index (χ0) is 22.0. The molecule has 2 aromatic rings. The number of para-hydroxylation sites is 1. The summed E-state index contributed by atoms with van der Waals surface area (Å²) < 4.78 is 5.50. The average molecular weight is 419 g/mol. The first kappa shape index (κ1) is 20.7. The fourth-order valence-electron chi connectivity index (χ4n) is 4.15. The van der Waals surface area contributed by atoms with Crippen LogP contribution in [-0.2, 0) is 14.4 Å². The van der Waals surface area contributed by atoms with Crippen LogP contribution in [-0.4, -0.2) is 42.8 Å². The van der Waals surface area contributed by atoms with Gasteiger partial charge in [-0.2, -0.15) is 0 Å². The van der Waals surface area contributed by atoms with Crippen molar-refractivity contribution < 1.29 is 19.1 Å². The molecule has 1 N–H and O–H groups in total. The van der Waals surface area contributed by atoms with Crippen molar-refractivity contribution in [2.24, 2.45) is 0 Å². The highest BCUT2D eigenvalue weighted by atomic mass is 16.5. The van der Waals surface area contributed by atoms with Gasteiger partial charge in [0.2, 0.25) is 5.91 Å². The number of hydrogen-bond donors (Lipinski definition) is 1. The monoisotopic (exact) mass is 419 g/mol. The van der Waals surface area contributed by atoms with E-state index in [-0.39, 0.29) is 17.7 Å². The van der Waals surface area contributed by atoms with Gasteiger partial charge in [-0.1, -0.05) is 18.2 Å². The lowest BCUT2D eigenvalue weighted by Crippen LogP contribution is -2.37. The van der Waals surface area contributed by atoms with Crippen LogP contribution in [0, 0.1) is 0 Å². The van der Waals surface area contributed by atoms with Crippen LogP contribution in [0.1, 0.15) is 31.7 Å². The number of benzene rings is 2. The lowest BCUT2D eigenvalue weighted by atomic mass is 10.0. The second kappa shape index (κ2) is 8.63. The van der Waals surface area contributed by atoms with Crippen LogP contribution in [0.2, 0.25) is 0 Å². The van der Waals surface area contributed by atoms with E-state index < -0.39 is 0 Å². The molecular weight excluding hydrogens is 394 g/mol. The molecule has 31 heavy (non-hydrogen) atoms. The number of imide groups is 1. The Hall–Kier alpha value is -3.61. The number of methoxy groups -OCH3 is 1. The lowest BCUT2D eigenvalue weighted by Gasteiger charge is -2.29. The van der Waals surface area contributed by atoms with Crippen molar-refractivity contribution in [2.45, 2.75) is 26.2 Å². The van der Waals surface area contributed by atoms with Crippen molar-refractivity contribution in [1.29, 1.82) is 0 Å². The molecule has 2 aliphatic rings. The Bertz CT molecular complexity index is 1050. The lowest BCUT2D eigenvalue weighted by molar-refractivity contribution is -0.121. The zero-order valence-electron chi connectivity index (χ0n) is 17.7. The molecule has 1 fully saturated rings. The van der Waals surface area contributed by atoms with Crippen LogP contribution in [0.25, 0.3) is 5.57 Å². The molecule has 0 radical (unpaired) electrons. The molecule has 160 valence electrons. The summed E-state index contributed by atoms with van der Waals surface area (Å²) in [5, 5.41) is 2.69. The molecule has 0 saturated carbocycles. The quantitative estimate of drug-likeness (QED) is 0.752. The van der Waals surface area contributed by atoms with Crippen molar-refractivity contribution in [3.63, 3.8) is 0 Å². The van der Waals surface area contributed by atoms with Crippen LogP contribution in [0.5, 0.6) is 5.75 Å². The Morgan fingerprint density at radius 2 is 1.61 bits per heavy atom. The Morgan fingerprint density at radius 3 is 2.26 bits per heavy atom.